The summed E-state index contributed by atoms with van der Waals surface area (Å²) < 4.78 is 28.7. The fraction of sp³-hybridized carbons (Fsp3) is 0.370. The lowest BCUT2D eigenvalue weighted by Gasteiger charge is -2.15. The van der Waals surface area contributed by atoms with Crippen molar-refractivity contribution in [2.75, 3.05) is 6.61 Å². The number of amides is 1. The third-order valence-corrected chi connectivity index (χ3v) is 8.29. The van der Waals surface area contributed by atoms with Gasteiger partial charge in [0.2, 0.25) is 5.89 Å². The van der Waals surface area contributed by atoms with E-state index in [4.69, 9.17) is 19.9 Å². The molecule has 1 atom stereocenters. The Balaban J connectivity index is 1.51. The van der Waals surface area contributed by atoms with Gasteiger partial charge in [0, 0.05) is 39.9 Å². The minimum Gasteiger partial charge on any atom is -0.446 e. The molecule has 210 valence electrons. The molecule has 0 saturated heterocycles. The molecule has 3 N–H and O–H groups in total. The minimum absolute atomic E-state index is 0.225. The van der Waals surface area contributed by atoms with Crippen molar-refractivity contribution in [1.82, 2.24) is 34.6 Å². The standard InChI is InChI=1S/C27H33FN8O3Si/c1-16(27-32-18(11-29)14-39-27)31-26(37)20-13-36(15-38-8-9-40(3,4)5)25-24(20)33-21(12-30-25)23-19-7-6-17(28)10-22(19)35(2)34-23/h6-7,10,12-14,16H,8-9,11,15,29H2,1-5H3,(H,31,37)/t16-/m1/s1. The van der Waals surface area contributed by atoms with Crippen LogP contribution < -0.4 is 11.1 Å². The average molecular weight is 565 g/mol. The van der Waals surface area contributed by atoms with Crippen LogP contribution in [0.5, 0.6) is 0 Å². The molecule has 4 heterocycles. The molecule has 13 heteroatoms. The smallest absolute Gasteiger partial charge is 0.255 e. The van der Waals surface area contributed by atoms with Crippen molar-refractivity contribution >= 4 is 36.0 Å². The van der Waals surface area contributed by atoms with E-state index in [1.54, 1.807) is 41.7 Å². The van der Waals surface area contributed by atoms with Gasteiger partial charge in [0.05, 0.1) is 23.0 Å². The molecular formula is C27H33FN8O3Si. The quantitative estimate of drug-likeness (QED) is 0.188. The van der Waals surface area contributed by atoms with E-state index in [-0.39, 0.29) is 25.0 Å². The number of nitrogens with one attached hydrogen (secondary N) is 1. The molecule has 5 aromatic rings. The van der Waals surface area contributed by atoms with Gasteiger partial charge in [-0.05, 0) is 31.2 Å². The Morgan fingerprint density at radius 2 is 2.08 bits per heavy atom. The molecule has 1 amide bonds. The maximum absolute atomic E-state index is 13.9. The van der Waals surface area contributed by atoms with Crippen molar-refractivity contribution in [3.05, 3.63) is 59.8 Å². The summed E-state index contributed by atoms with van der Waals surface area (Å²) in [5.74, 6) is -0.371. The fourth-order valence-electron chi connectivity index (χ4n) is 4.34. The number of rotatable bonds is 10. The molecule has 0 aliphatic carbocycles. The van der Waals surface area contributed by atoms with Crippen molar-refractivity contribution in [2.45, 2.75) is 51.9 Å². The van der Waals surface area contributed by atoms with Gasteiger partial charge in [-0.2, -0.15) is 5.10 Å². The summed E-state index contributed by atoms with van der Waals surface area (Å²) in [6.07, 6.45) is 4.78. The Hall–Kier alpha value is -3.94. The number of benzene rings is 1. The molecule has 0 saturated carbocycles. The molecule has 0 spiro atoms. The Kier molecular flexibility index (Phi) is 7.53. The predicted molar refractivity (Wildman–Crippen MR) is 152 cm³/mol. The number of hydrogen-bond donors (Lipinski definition) is 2. The second-order valence-corrected chi connectivity index (χ2v) is 16.6. The average Bonchev–Trinajstić information content (AvgIpc) is 3.62. The summed E-state index contributed by atoms with van der Waals surface area (Å²) in [5, 5.41) is 8.22. The molecule has 40 heavy (non-hydrogen) atoms. The highest BCUT2D eigenvalue weighted by Gasteiger charge is 2.23. The van der Waals surface area contributed by atoms with Crippen molar-refractivity contribution in [3.63, 3.8) is 0 Å². The van der Waals surface area contributed by atoms with E-state index in [9.17, 15) is 9.18 Å². The Bertz CT molecular complexity index is 1690. The Labute approximate surface area is 231 Å². The first-order valence-corrected chi connectivity index (χ1v) is 16.8. The molecule has 0 aliphatic rings. The maximum atomic E-state index is 13.9. The molecule has 5 rings (SSSR count). The number of aromatic nitrogens is 6. The van der Waals surface area contributed by atoms with E-state index in [0.717, 1.165) is 11.4 Å². The number of aryl methyl sites for hydroxylation is 1. The number of carbonyl (C=O) groups excluding carboxylic acids is 1. The van der Waals surface area contributed by atoms with E-state index >= 15 is 0 Å². The number of nitrogens with zero attached hydrogens (tertiary/aromatic N) is 6. The lowest BCUT2D eigenvalue weighted by molar-refractivity contribution is 0.0889. The lowest BCUT2D eigenvalue weighted by atomic mass is 10.1. The van der Waals surface area contributed by atoms with Crippen molar-refractivity contribution in [3.8, 4) is 11.4 Å². The van der Waals surface area contributed by atoms with Gasteiger partial charge in [0.25, 0.3) is 5.91 Å². The van der Waals surface area contributed by atoms with Gasteiger partial charge < -0.3 is 24.8 Å². The maximum Gasteiger partial charge on any atom is 0.255 e. The number of ether oxygens (including phenoxy) is 1. The zero-order valence-corrected chi connectivity index (χ0v) is 24.2. The third-order valence-electron chi connectivity index (χ3n) is 6.59. The molecule has 11 nitrogen and oxygen atoms in total. The summed E-state index contributed by atoms with van der Waals surface area (Å²) in [5.41, 5.74) is 9.08. The van der Waals surface area contributed by atoms with Crippen LogP contribution in [-0.2, 0) is 25.1 Å². The van der Waals surface area contributed by atoms with E-state index < -0.39 is 14.1 Å². The van der Waals surface area contributed by atoms with Crippen molar-refractivity contribution < 1.29 is 18.3 Å². The van der Waals surface area contributed by atoms with Crippen LogP contribution in [0.3, 0.4) is 0 Å². The van der Waals surface area contributed by atoms with Crippen LogP contribution >= 0.6 is 0 Å². The second-order valence-electron chi connectivity index (χ2n) is 11.0. The van der Waals surface area contributed by atoms with E-state index in [2.05, 4.69) is 40.0 Å². The highest BCUT2D eigenvalue weighted by atomic mass is 28.3. The number of carbonyl (C=O) groups is 1. The highest BCUT2D eigenvalue weighted by Crippen LogP contribution is 2.29. The van der Waals surface area contributed by atoms with E-state index in [0.29, 0.717) is 51.8 Å². The number of oxazole rings is 1. The van der Waals surface area contributed by atoms with Crippen LogP contribution in [0.25, 0.3) is 33.5 Å². The van der Waals surface area contributed by atoms with Gasteiger partial charge >= 0.3 is 0 Å². The fourth-order valence-corrected chi connectivity index (χ4v) is 5.10. The zero-order valence-electron chi connectivity index (χ0n) is 23.2. The normalized spacial score (nSPS) is 12.9. The van der Waals surface area contributed by atoms with Crippen LogP contribution in [0.4, 0.5) is 4.39 Å². The SMILES string of the molecule is C[C@@H](NC(=O)c1cn(COCC[Si](C)(C)C)c2ncc(-c3nn(C)c4cc(F)ccc34)nc12)c1nc(CN)co1. The van der Waals surface area contributed by atoms with Crippen LogP contribution in [0.1, 0.15) is 34.9 Å². The molecule has 0 aliphatic heterocycles. The Morgan fingerprint density at radius 3 is 2.80 bits per heavy atom. The first-order valence-electron chi connectivity index (χ1n) is 13.1. The van der Waals surface area contributed by atoms with Crippen molar-refractivity contribution in [2.24, 2.45) is 12.8 Å². The highest BCUT2D eigenvalue weighted by molar-refractivity contribution is 6.76. The van der Waals surface area contributed by atoms with Crippen LogP contribution in [-0.4, -0.2) is 49.9 Å². The monoisotopic (exact) mass is 564 g/mol. The van der Waals surface area contributed by atoms with Gasteiger partial charge in [0.1, 0.15) is 41.8 Å². The number of fused-ring (bicyclic) bond motifs is 2. The van der Waals surface area contributed by atoms with Gasteiger partial charge in [0.15, 0.2) is 5.65 Å². The van der Waals surface area contributed by atoms with Gasteiger partial charge in [-0.25, -0.2) is 19.3 Å². The van der Waals surface area contributed by atoms with Gasteiger partial charge in [-0.1, -0.05) is 19.6 Å². The second kappa shape index (κ2) is 10.9. The summed E-state index contributed by atoms with van der Waals surface area (Å²) in [6, 6.07) is 4.97. The van der Waals surface area contributed by atoms with Crippen molar-refractivity contribution in [1.29, 1.82) is 0 Å². The number of halogens is 1. The van der Waals surface area contributed by atoms with E-state index in [1.165, 1.54) is 18.4 Å². The number of nitrogens with two attached hydrogens (primary N) is 1. The molecule has 0 bridgehead atoms. The minimum atomic E-state index is -1.26. The number of hydrogen-bond acceptors (Lipinski definition) is 8. The topological polar surface area (TPSA) is 139 Å². The van der Waals surface area contributed by atoms with Crippen LogP contribution in [0, 0.1) is 5.82 Å². The first kappa shape index (κ1) is 27.6. The molecule has 1 aromatic carbocycles. The summed E-state index contributed by atoms with van der Waals surface area (Å²) in [7, 11) is 0.477. The predicted octanol–water partition coefficient (Wildman–Crippen LogP) is 4.37. The summed E-state index contributed by atoms with van der Waals surface area (Å²) in [4.78, 5) is 27.3. The Morgan fingerprint density at radius 1 is 1.27 bits per heavy atom. The van der Waals surface area contributed by atoms with Crippen LogP contribution in [0.15, 0.2) is 41.3 Å². The lowest BCUT2D eigenvalue weighted by Crippen LogP contribution is -2.27. The molecule has 4 aromatic heterocycles. The summed E-state index contributed by atoms with van der Waals surface area (Å²) in [6.45, 7) is 9.72. The first-order chi connectivity index (χ1) is 19.0. The molecular weight excluding hydrogens is 531 g/mol. The van der Waals surface area contributed by atoms with Gasteiger partial charge in [-0.3, -0.25) is 9.48 Å². The van der Waals surface area contributed by atoms with E-state index in [1.807, 2.05) is 0 Å². The molecule has 0 fully saturated rings. The third kappa shape index (κ3) is 5.66. The summed E-state index contributed by atoms with van der Waals surface area (Å²) >= 11 is 0. The largest absolute Gasteiger partial charge is 0.446 e. The molecule has 0 unspecified atom stereocenters. The zero-order chi connectivity index (χ0) is 28.6. The van der Waals surface area contributed by atoms with Crippen LogP contribution in [0.2, 0.25) is 25.7 Å². The molecule has 0 radical (unpaired) electrons. The van der Waals surface area contributed by atoms with Gasteiger partial charge in [-0.15, -0.1) is 0 Å².